The Morgan fingerprint density at radius 1 is 0.966 bits per heavy atom. The van der Waals surface area contributed by atoms with Crippen molar-refractivity contribution in [2.75, 3.05) is 11.9 Å². The van der Waals surface area contributed by atoms with Crippen LogP contribution >= 0.6 is 0 Å². The van der Waals surface area contributed by atoms with Gasteiger partial charge in [0.05, 0.1) is 18.3 Å². The maximum absolute atomic E-state index is 12.0. The van der Waals surface area contributed by atoms with Crippen LogP contribution in [0.15, 0.2) is 84.0 Å². The first-order valence-electron chi connectivity index (χ1n) is 9.10. The molecule has 3 aromatic rings. The number of carbonyl (C=O) groups excluding carboxylic acids is 2. The van der Waals surface area contributed by atoms with Crippen LogP contribution in [0.25, 0.3) is 0 Å². The molecule has 146 valence electrons. The number of nitrogens with zero attached hydrogens (tertiary/aromatic N) is 1. The Balaban J connectivity index is 1.46. The number of aryl methyl sites for hydroxylation is 1. The Kier molecular flexibility index (Phi) is 6.73. The van der Waals surface area contributed by atoms with Crippen molar-refractivity contribution in [2.24, 2.45) is 5.10 Å². The molecule has 6 nitrogen and oxygen atoms in total. The van der Waals surface area contributed by atoms with Crippen LogP contribution in [0.2, 0.25) is 0 Å². The quantitative estimate of drug-likeness (QED) is 0.280. The topological polar surface area (TPSA) is 79.8 Å². The number of hydrogen-bond donors (Lipinski definition) is 2. The molecule has 0 heterocycles. The first-order valence-corrected chi connectivity index (χ1v) is 9.10. The lowest BCUT2D eigenvalue weighted by Crippen LogP contribution is -2.25. The number of hydrazone groups is 1. The van der Waals surface area contributed by atoms with Gasteiger partial charge in [0.25, 0.3) is 5.91 Å². The number of amides is 1. The zero-order chi connectivity index (χ0) is 20.5. The minimum Gasteiger partial charge on any atom is -0.423 e. The number of anilines is 1. The molecule has 29 heavy (non-hydrogen) atoms. The normalized spacial score (nSPS) is 10.5. The van der Waals surface area contributed by atoms with Crippen molar-refractivity contribution in [3.63, 3.8) is 0 Å². The van der Waals surface area contributed by atoms with Crippen molar-refractivity contribution in [1.29, 1.82) is 0 Å². The zero-order valence-corrected chi connectivity index (χ0v) is 16.0. The lowest BCUT2D eigenvalue weighted by Gasteiger charge is -2.06. The van der Waals surface area contributed by atoms with Crippen LogP contribution in [0, 0.1) is 6.92 Å². The van der Waals surface area contributed by atoms with E-state index in [2.05, 4.69) is 15.8 Å². The number of esters is 1. The Hall–Kier alpha value is -3.93. The molecule has 0 saturated carbocycles. The highest BCUT2D eigenvalue weighted by Gasteiger charge is 2.07. The Morgan fingerprint density at radius 2 is 1.72 bits per heavy atom. The van der Waals surface area contributed by atoms with Crippen LogP contribution in [0.1, 0.15) is 21.5 Å². The van der Waals surface area contributed by atoms with E-state index in [0.717, 1.165) is 16.8 Å². The molecule has 0 aromatic heterocycles. The number of benzene rings is 3. The van der Waals surface area contributed by atoms with Crippen LogP contribution in [-0.2, 0) is 4.79 Å². The number of carbonyl (C=O) groups is 2. The fourth-order valence-electron chi connectivity index (χ4n) is 2.52. The van der Waals surface area contributed by atoms with E-state index in [1.54, 1.807) is 48.5 Å². The fourth-order valence-corrected chi connectivity index (χ4v) is 2.52. The maximum atomic E-state index is 12.0. The molecule has 0 saturated heterocycles. The van der Waals surface area contributed by atoms with Crippen molar-refractivity contribution in [3.05, 3.63) is 95.6 Å². The molecule has 0 atom stereocenters. The summed E-state index contributed by atoms with van der Waals surface area (Å²) in [5, 5.41) is 6.98. The van der Waals surface area contributed by atoms with E-state index >= 15 is 0 Å². The Morgan fingerprint density at radius 3 is 2.45 bits per heavy atom. The molecule has 0 bridgehead atoms. The van der Waals surface area contributed by atoms with Gasteiger partial charge in [-0.1, -0.05) is 30.3 Å². The molecular formula is C23H21N3O3. The third-order valence-corrected chi connectivity index (χ3v) is 3.97. The average Bonchev–Trinajstić information content (AvgIpc) is 2.74. The summed E-state index contributed by atoms with van der Waals surface area (Å²) in [6.07, 6.45) is 1.52. The summed E-state index contributed by atoms with van der Waals surface area (Å²) in [6, 6.07) is 23.4. The van der Waals surface area contributed by atoms with Gasteiger partial charge in [0.2, 0.25) is 0 Å². The third kappa shape index (κ3) is 6.32. The molecule has 0 unspecified atom stereocenters. The Labute approximate surface area is 169 Å². The Bertz CT molecular complexity index is 999. The predicted octanol–water partition coefficient (Wildman–Crippen LogP) is 3.78. The highest BCUT2D eigenvalue weighted by molar-refractivity contribution is 5.91. The average molecular weight is 387 g/mol. The van der Waals surface area contributed by atoms with Gasteiger partial charge >= 0.3 is 5.97 Å². The van der Waals surface area contributed by atoms with Gasteiger partial charge in [0.15, 0.2) is 0 Å². The van der Waals surface area contributed by atoms with Gasteiger partial charge in [-0.25, -0.2) is 10.2 Å². The number of hydrogen-bond acceptors (Lipinski definition) is 5. The van der Waals surface area contributed by atoms with E-state index in [-0.39, 0.29) is 12.5 Å². The summed E-state index contributed by atoms with van der Waals surface area (Å²) >= 11 is 0. The summed E-state index contributed by atoms with van der Waals surface area (Å²) in [5.41, 5.74) is 5.71. The molecular weight excluding hydrogens is 366 g/mol. The molecule has 2 N–H and O–H groups in total. The van der Waals surface area contributed by atoms with Crippen LogP contribution in [0.3, 0.4) is 0 Å². The monoisotopic (exact) mass is 387 g/mol. The van der Waals surface area contributed by atoms with Crippen molar-refractivity contribution in [2.45, 2.75) is 6.92 Å². The first-order chi connectivity index (χ1) is 14.1. The highest BCUT2D eigenvalue weighted by atomic mass is 16.5. The van der Waals surface area contributed by atoms with E-state index in [9.17, 15) is 9.59 Å². The van der Waals surface area contributed by atoms with E-state index in [1.807, 2.05) is 37.3 Å². The summed E-state index contributed by atoms with van der Waals surface area (Å²) in [6.45, 7) is 2.11. The van der Waals surface area contributed by atoms with Crippen molar-refractivity contribution < 1.29 is 14.3 Å². The molecule has 1 amide bonds. The van der Waals surface area contributed by atoms with Crippen LogP contribution in [-0.4, -0.2) is 24.6 Å². The SMILES string of the molecule is Cc1cccc(NCC(=O)NN=Cc2ccc(OC(=O)c3ccccc3)cc2)c1. The molecule has 0 aliphatic carbocycles. The van der Waals surface area contributed by atoms with Gasteiger partial charge in [0, 0.05) is 5.69 Å². The molecule has 0 aliphatic heterocycles. The maximum Gasteiger partial charge on any atom is 0.343 e. The highest BCUT2D eigenvalue weighted by Crippen LogP contribution is 2.13. The zero-order valence-electron chi connectivity index (χ0n) is 16.0. The van der Waals surface area contributed by atoms with E-state index < -0.39 is 5.97 Å². The smallest absolute Gasteiger partial charge is 0.343 e. The second-order valence-electron chi connectivity index (χ2n) is 6.34. The summed E-state index contributed by atoms with van der Waals surface area (Å²) in [7, 11) is 0. The third-order valence-electron chi connectivity index (χ3n) is 3.97. The standard InChI is InChI=1S/C23H21N3O3/c1-17-6-5-9-20(14-17)24-16-22(27)26-25-15-18-10-12-21(13-11-18)29-23(28)19-7-3-2-4-8-19/h2-15,24H,16H2,1H3,(H,26,27). The van der Waals surface area contributed by atoms with E-state index in [4.69, 9.17) is 4.74 Å². The molecule has 3 rings (SSSR count). The molecule has 0 fully saturated rings. The summed E-state index contributed by atoms with van der Waals surface area (Å²) < 4.78 is 5.32. The van der Waals surface area contributed by atoms with Gasteiger partial charge in [0.1, 0.15) is 5.75 Å². The lowest BCUT2D eigenvalue weighted by molar-refractivity contribution is -0.119. The van der Waals surface area contributed by atoms with E-state index in [1.165, 1.54) is 6.21 Å². The molecule has 3 aromatic carbocycles. The van der Waals surface area contributed by atoms with Crippen LogP contribution < -0.4 is 15.5 Å². The van der Waals surface area contributed by atoms with E-state index in [0.29, 0.717) is 11.3 Å². The van der Waals surface area contributed by atoms with Crippen LogP contribution in [0.5, 0.6) is 5.75 Å². The van der Waals surface area contributed by atoms with Crippen molar-refractivity contribution in [3.8, 4) is 5.75 Å². The molecule has 6 heteroatoms. The number of rotatable bonds is 7. The second kappa shape index (κ2) is 9.85. The predicted molar refractivity (Wildman–Crippen MR) is 113 cm³/mol. The lowest BCUT2D eigenvalue weighted by atomic mass is 10.2. The molecule has 0 spiro atoms. The minimum atomic E-state index is -0.416. The van der Waals surface area contributed by atoms with Crippen molar-refractivity contribution >= 4 is 23.8 Å². The fraction of sp³-hybridized carbons (Fsp3) is 0.0870. The second-order valence-corrected chi connectivity index (χ2v) is 6.34. The van der Waals surface area contributed by atoms with Gasteiger partial charge < -0.3 is 10.1 Å². The molecule has 0 aliphatic rings. The largest absolute Gasteiger partial charge is 0.423 e. The first kappa shape index (κ1) is 19.8. The summed E-state index contributed by atoms with van der Waals surface area (Å²) in [4.78, 5) is 23.9. The van der Waals surface area contributed by atoms with Gasteiger partial charge in [-0.05, 0) is 66.6 Å². The van der Waals surface area contributed by atoms with Gasteiger partial charge in [-0.3, -0.25) is 4.79 Å². The summed E-state index contributed by atoms with van der Waals surface area (Å²) in [5.74, 6) is -0.237. The van der Waals surface area contributed by atoms with Crippen LogP contribution in [0.4, 0.5) is 5.69 Å². The van der Waals surface area contributed by atoms with Crippen molar-refractivity contribution in [1.82, 2.24) is 5.43 Å². The number of ether oxygens (including phenoxy) is 1. The molecule has 0 radical (unpaired) electrons. The minimum absolute atomic E-state index is 0.120. The number of nitrogens with one attached hydrogen (secondary N) is 2. The van der Waals surface area contributed by atoms with Gasteiger partial charge in [-0.15, -0.1) is 0 Å². The van der Waals surface area contributed by atoms with Gasteiger partial charge in [-0.2, -0.15) is 5.10 Å².